The first-order valence-corrected chi connectivity index (χ1v) is 5.03. The van der Waals surface area contributed by atoms with Gasteiger partial charge in [-0.05, 0) is 25.1 Å². The molecule has 0 aliphatic rings. The normalized spacial score (nSPS) is 12.3. The van der Waals surface area contributed by atoms with Crippen LogP contribution in [0.5, 0.6) is 0 Å². The second-order valence-corrected chi connectivity index (χ2v) is 3.49. The van der Waals surface area contributed by atoms with Gasteiger partial charge in [0.2, 0.25) is 0 Å². The van der Waals surface area contributed by atoms with Gasteiger partial charge in [-0.2, -0.15) is 0 Å². The van der Waals surface area contributed by atoms with Gasteiger partial charge in [0.1, 0.15) is 0 Å². The maximum absolute atomic E-state index is 5.16. The van der Waals surface area contributed by atoms with Crippen molar-refractivity contribution in [3.05, 3.63) is 0 Å². The third-order valence-corrected chi connectivity index (χ3v) is 2.57. The van der Waals surface area contributed by atoms with Crippen LogP contribution >= 0.6 is 12.2 Å². The smallest absolute Gasteiger partial charge is 0.168 e. The predicted molar refractivity (Wildman–Crippen MR) is 58.4 cm³/mol. The fraction of sp³-hybridized carbons (Fsp3) is 0.889. The van der Waals surface area contributed by atoms with E-state index in [0.717, 1.165) is 24.1 Å². The van der Waals surface area contributed by atoms with Crippen LogP contribution in [0, 0.1) is 5.92 Å². The molecule has 0 heterocycles. The van der Waals surface area contributed by atoms with E-state index < -0.39 is 0 Å². The van der Waals surface area contributed by atoms with Gasteiger partial charge in [-0.15, -0.1) is 0 Å². The Morgan fingerprint density at radius 1 is 1.50 bits per heavy atom. The molecular formula is C9H20N2S. The summed E-state index contributed by atoms with van der Waals surface area (Å²) in [6.07, 6.45) is 1.21. The van der Waals surface area contributed by atoms with E-state index in [-0.39, 0.29) is 0 Å². The van der Waals surface area contributed by atoms with Crippen molar-refractivity contribution in [1.29, 1.82) is 0 Å². The topological polar surface area (TPSA) is 15.3 Å². The molecule has 0 bridgehead atoms. The van der Waals surface area contributed by atoms with Crippen LogP contribution in [-0.4, -0.2) is 30.1 Å². The van der Waals surface area contributed by atoms with Crippen LogP contribution in [0.15, 0.2) is 0 Å². The fourth-order valence-corrected chi connectivity index (χ4v) is 1.22. The van der Waals surface area contributed by atoms with Crippen LogP contribution in [0.4, 0.5) is 0 Å². The van der Waals surface area contributed by atoms with Gasteiger partial charge in [0.15, 0.2) is 5.11 Å². The molecule has 1 atom stereocenters. The number of nitrogens with one attached hydrogen (secondary N) is 1. The Balaban J connectivity index is 3.90. The van der Waals surface area contributed by atoms with E-state index in [0.29, 0.717) is 0 Å². The SMILES string of the molecule is CCC(C)CN(CC)C(=S)NC. The molecule has 0 radical (unpaired) electrons. The molecule has 0 aromatic rings. The minimum atomic E-state index is 0.719. The standard InChI is InChI=1S/C9H20N2S/c1-5-8(3)7-11(6-2)9(12)10-4/h8H,5-7H2,1-4H3,(H,10,12). The minimum absolute atomic E-state index is 0.719. The van der Waals surface area contributed by atoms with E-state index in [1.54, 1.807) is 0 Å². The summed E-state index contributed by atoms with van der Waals surface area (Å²) in [5.41, 5.74) is 0. The zero-order chi connectivity index (χ0) is 9.56. The monoisotopic (exact) mass is 188 g/mol. The molecule has 12 heavy (non-hydrogen) atoms. The number of hydrogen-bond donors (Lipinski definition) is 1. The zero-order valence-electron chi connectivity index (χ0n) is 8.55. The molecule has 0 aromatic heterocycles. The van der Waals surface area contributed by atoms with Crippen LogP contribution in [0.2, 0.25) is 0 Å². The number of hydrogen-bond acceptors (Lipinski definition) is 1. The number of rotatable bonds is 4. The molecule has 0 fully saturated rings. The average molecular weight is 188 g/mol. The molecular weight excluding hydrogens is 168 g/mol. The third kappa shape index (κ3) is 3.90. The lowest BCUT2D eigenvalue weighted by atomic mass is 10.1. The lowest BCUT2D eigenvalue weighted by Gasteiger charge is -2.25. The second-order valence-electron chi connectivity index (χ2n) is 3.11. The molecule has 0 aromatic carbocycles. The highest BCUT2D eigenvalue weighted by molar-refractivity contribution is 7.80. The maximum atomic E-state index is 5.16. The van der Waals surface area contributed by atoms with Gasteiger partial charge in [-0.25, -0.2) is 0 Å². The highest BCUT2D eigenvalue weighted by Crippen LogP contribution is 2.03. The predicted octanol–water partition coefficient (Wildman–Crippen LogP) is 1.86. The second kappa shape index (κ2) is 6.23. The molecule has 0 saturated carbocycles. The first-order valence-electron chi connectivity index (χ1n) is 4.62. The van der Waals surface area contributed by atoms with E-state index >= 15 is 0 Å². The molecule has 1 N–H and O–H groups in total. The Morgan fingerprint density at radius 3 is 2.42 bits per heavy atom. The maximum Gasteiger partial charge on any atom is 0.168 e. The van der Waals surface area contributed by atoms with Gasteiger partial charge in [0.25, 0.3) is 0 Å². The Kier molecular flexibility index (Phi) is 6.07. The van der Waals surface area contributed by atoms with E-state index in [2.05, 4.69) is 31.0 Å². The van der Waals surface area contributed by atoms with Crippen LogP contribution in [-0.2, 0) is 0 Å². The molecule has 1 unspecified atom stereocenters. The van der Waals surface area contributed by atoms with Gasteiger partial charge in [0.05, 0.1) is 0 Å². The summed E-state index contributed by atoms with van der Waals surface area (Å²) in [7, 11) is 1.88. The van der Waals surface area contributed by atoms with Crippen molar-refractivity contribution in [2.45, 2.75) is 27.2 Å². The Bertz CT molecular complexity index is 136. The van der Waals surface area contributed by atoms with Crippen molar-refractivity contribution < 1.29 is 0 Å². The van der Waals surface area contributed by atoms with Gasteiger partial charge in [-0.3, -0.25) is 0 Å². The summed E-state index contributed by atoms with van der Waals surface area (Å²) in [6.45, 7) is 8.64. The van der Waals surface area contributed by atoms with Crippen LogP contribution in [0.1, 0.15) is 27.2 Å². The molecule has 0 aliphatic carbocycles. The van der Waals surface area contributed by atoms with Gasteiger partial charge < -0.3 is 10.2 Å². The van der Waals surface area contributed by atoms with Crippen LogP contribution in [0.25, 0.3) is 0 Å². The fourth-order valence-electron chi connectivity index (χ4n) is 1.02. The first-order chi connectivity index (χ1) is 5.65. The molecule has 0 spiro atoms. The summed E-state index contributed by atoms with van der Waals surface area (Å²) in [5.74, 6) is 0.719. The van der Waals surface area contributed by atoms with E-state index in [1.165, 1.54) is 6.42 Å². The molecule has 0 saturated heterocycles. The summed E-state index contributed by atoms with van der Waals surface area (Å²) in [5, 5.41) is 3.86. The van der Waals surface area contributed by atoms with Crippen molar-refractivity contribution in [3.8, 4) is 0 Å². The minimum Gasteiger partial charge on any atom is -0.366 e. The van der Waals surface area contributed by atoms with Gasteiger partial charge >= 0.3 is 0 Å². The summed E-state index contributed by atoms with van der Waals surface area (Å²) >= 11 is 5.16. The molecule has 3 heteroatoms. The molecule has 0 rings (SSSR count). The van der Waals surface area contributed by atoms with Crippen molar-refractivity contribution in [2.24, 2.45) is 5.92 Å². The van der Waals surface area contributed by atoms with Crippen LogP contribution in [0.3, 0.4) is 0 Å². The highest BCUT2D eigenvalue weighted by Gasteiger charge is 2.08. The van der Waals surface area contributed by atoms with Crippen LogP contribution < -0.4 is 5.32 Å². The third-order valence-electron chi connectivity index (χ3n) is 2.11. The molecule has 0 aliphatic heterocycles. The largest absolute Gasteiger partial charge is 0.366 e. The quantitative estimate of drug-likeness (QED) is 0.678. The van der Waals surface area contributed by atoms with E-state index in [4.69, 9.17) is 12.2 Å². The van der Waals surface area contributed by atoms with E-state index in [1.807, 2.05) is 7.05 Å². The Labute approximate surface area is 81.3 Å². The highest BCUT2D eigenvalue weighted by atomic mass is 32.1. The summed E-state index contributed by atoms with van der Waals surface area (Å²) < 4.78 is 0. The Morgan fingerprint density at radius 2 is 2.08 bits per heavy atom. The van der Waals surface area contributed by atoms with Crippen molar-refractivity contribution in [2.75, 3.05) is 20.1 Å². The van der Waals surface area contributed by atoms with Crippen molar-refractivity contribution in [1.82, 2.24) is 10.2 Å². The lowest BCUT2D eigenvalue weighted by Crippen LogP contribution is -2.40. The first kappa shape index (κ1) is 11.7. The van der Waals surface area contributed by atoms with Crippen molar-refractivity contribution in [3.63, 3.8) is 0 Å². The summed E-state index contributed by atoms with van der Waals surface area (Å²) in [6, 6.07) is 0. The Hall–Kier alpha value is -0.310. The number of nitrogens with zero attached hydrogens (tertiary/aromatic N) is 1. The number of thiocarbonyl (C=S) groups is 1. The average Bonchev–Trinajstić information content (AvgIpc) is 2.12. The zero-order valence-corrected chi connectivity index (χ0v) is 9.37. The van der Waals surface area contributed by atoms with Crippen molar-refractivity contribution >= 4 is 17.3 Å². The molecule has 0 amide bonds. The molecule has 2 nitrogen and oxygen atoms in total. The molecule has 72 valence electrons. The van der Waals surface area contributed by atoms with E-state index in [9.17, 15) is 0 Å². The van der Waals surface area contributed by atoms with Gasteiger partial charge in [0, 0.05) is 20.1 Å². The lowest BCUT2D eigenvalue weighted by molar-refractivity contribution is 0.357. The summed E-state index contributed by atoms with van der Waals surface area (Å²) in [4.78, 5) is 2.20. The van der Waals surface area contributed by atoms with Gasteiger partial charge in [-0.1, -0.05) is 20.3 Å².